The van der Waals surface area contributed by atoms with Crippen LogP contribution in [0.15, 0.2) is 32.8 Å². The van der Waals surface area contributed by atoms with Gasteiger partial charge in [-0.25, -0.2) is 9.59 Å². The Morgan fingerprint density at radius 3 is 2.12 bits per heavy atom. The predicted octanol–water partition coefficient (Wildman–Crippen LogP) is 4.29. The number of nitrogens with two attached hydrogens (primary N) is 1. The first-order valence-electron chi connectivity index (χ1n) is 16.8. The quantitative estimate of drug-likeness (QED) is 0.205. The topological polar surface area (TPSA) is 191 Å². The average molecular weight is 776 g/mol. The summed E-state index contributed by atoms with van der Waals surface area (Å²) in [6, 6.07) is 1.50. The van der Waals surface area contributed by atoms with Crippen LogP contribution in [-0.4, -0.2) is 78.3 Å². The summed E-state index contributed by atoms with van der Waals surface area (Å²) in [4.78, 5) is 55.0. The van der Waals surface area contributed by atoms with E-state index in [0.29, 0.717) is 12.0 Å². The fourth-order valence-electron chi connectivity index (χ4n) is 5.15. The summed E-state index contributed by atoms with van der Waals surface area (Å²) in [5, 5.41) is -0.200. The van der Waals surface area contributed by atoms with Crippen molar-refractivity contribution in [2.75, 3.05) is 18.9 Å². The van der Waals surface area contributed by atoms with E-state index >= 15 is 0 Å². The first-order valence-corrected chi connectivity index (χ1v) is 25.2. The van der Waals surface area contributed by atoms with Crippen LogP contribution in [0.5, 0.6) is 0 Å². The lowest BCUT2D eigenvalue weighted by molar-refractivity contribution is -0.0508. The van der Waals surface area contributed by atoms with Gasteiger partial charge in [-0.2, -0.15) is 4.98 Å². The van der Waals surface area contributed by atoms with Gasteiger partial charge in [-0.05, 0) is 61.1 Å². The average Bonchev–Trinajstić information content (AvgIpc) is 3.54. The predicted molar refractivity (Wildman–Crippen MR) is 199 cm³/mol. The smallest absolute Gasteiger partial charge is 0.351 e. The lowest BCUT2D eigenvalue weighted by atomic mass is 10.2. The van der Waals surface area contributed by atoms with Crippen molar-refractivity contribution in [2.45, 2.75) is 134 Å². The Morgan fingerprint density at radius 2 is 1.54 bits per heavy atom. The number of rotatable bonds is 12. The van der Waals surface area contributed by atoms with E-state index in [0.717, 1.165) is 0 Å². The highest BCUT2D eigenvalue weighted by Gasteiger charge is 2.47. The van der Waals surface area contributed by atoms with Crippen molar-refractivity contribution in [1.29, 1.82) is 0 Å². The Labute approximate surface area is 300 Å². The third-order valence-corrected chi connectivity index (χ3v) is 20.9. The molecule has 50 heavy (non-hydrogen) atoms. The normalized spacial score (nSPS) is 26.3. The van der Waals surface area contributed by atoms with E-state index in [-0.39, 0.29) is 35.5 Å². The maximum Gasteiger partial charge on any atom is 0.351 e. The van der Waals surface area contributed by atoms with Crippen LogP contribution in [0.4, 0.5) is 5.82 Å². The molecule has 4 heterocycles. The Hall–Kier alpha value is -1.84. The van der Waals surface area contributed by atoms with E-state index in [2.05, 4.69) is 77.7 Å². The molecule has 0 spiro atoms. The number of anilines is 1. The maximum atomic E-state index is 12.8. The van der Waals surface area contributed by atoms with Crippen molar-refractivity contribution in [3.8, 4) is 0 Å². The van der Waals surface area contributed by atoms with Crippen molar-refractivity contribution in [2.24, 2.45) is 0 Å². The summed E-state index contributed by atoms with van der Waals surface area (Å²) >= 11 is 5.52. The van der Waals surface area contributed by atoms with Gasteiger partial charge in [0.25, 0.3) is 5.56 Å². The van der Waals surface area contributed by atoms with Gasteiger partial charge in [0, 0.05) is 30.8 Å². The zero-order chi connectivity index (χ0) is 37.6. The lowest BCUT2D eigenvalue weighted by Crippen LogP contribution is -2.46. The first-order chi connectivity index (χ1) is 22.8. The molecule has 2 aromatic heterocycles. The molecule has 0 bridgehead atoms. The fourth-order valence-corrected chi connectivity index (χ4v) is 9.00. The Kier molecular flexibility index (Phi) is 12.2. The molecule has 0 radical (unpaired) electrons. The molecule has 2 aliphatic heterocycles. The highest BCUT2D eigenvalue weighted by Crippen LogP contribution is 2.50. The largest absolute Gasteiger partial charge is 0.414 e. The molecule has 0 aromatic carbocycles. The number of nitrogens with zero attached hydrogens (tertiary/aromatic N) is 3. The summed E-state index contributed by atoms with van der Waals surface area (Å²) in [6.07, 6.45) is -0.818. The summed E-state index contributed by atoms with van der Waals surface area (Å²) < 4.78 is 40.5. The third kappa shape index (κ3) is 9.58. The van der Waals surface area contributed by atoms with Crippen LogP contribution in [0, 0.1) is 6.92 Å². The number of hydrogen-bond acceptors (Lipinski definition) is 12. The molecule has 15 nitrogen and oxygen atoms in total. The number of aryl methyl sites for hydroxylation is 1. The number of ether oxygens (including phenoxy) is 2. The summed E-state index contributed by atoms with van der Waals surface area (Å²) in [5.41, 5.74) is 4.39. The Balaban J connectivity index is 1.54. The van der Waals surface area contributed by atoms with Gasteiger partial charge in [0.15, 0.2) is 16.6 Å². The van der Waals surface area contributed by atoms with Crippen LogP contribution >= 0.6 is 6.72 Å². The standard InChI is InChI=1S/C31H54N5O10PSSi2/c1-19-16-36(29(39)34-27(19)37)26-15-21(46-50(10,11)31(5,6)7)22(43-26)17-41-47(40,48)45-20-14-25(35-13-12-24(32)33-28(35)38)44-23(20)18-42-49(8,9)30(2,3)4/h12-13,16,20-23,25-26H,14-15,17-18H2,1-11H3,(H,40,48)(H2,32,33,38)(H,34,37,39). The molecule has 4 rings (SSSR count). The second-order valence-corrected chi connectivity index (χ2v) is 28.5. The van der Waals surface area contributed by atoms with Gasteiger partial charge < -0.3 is 38.0 Å². The Bertz CT molecular complexity index is 1750. The summed E-state index contributed by atoms with van der Waals surface area (Å²) in [6.45, 7) is 18.8. The molecule has 7 atom stereocenters. The second kappa shape index (κ2) is 14.9. The van der Waals surface area contributed by atoms with E-state index in [1.807, 2.05) is 0 Å². The Morgan fingerprint density at radius 1 is 0.980 bits per heavy atom. The summed E-state index contributed by atoms with van der Waals surface area (Å²) in [5.74, 6) is 0.0851. The second-order valence-electron chi connectivity index (χ2n) is 16.1. The first kappa shape index (κ1) is 40.9. The minimum atomic E-state index is -3.95. The number of nitrogens with one attached hydrogen (secondary N) is 1. The van der Waals surface area contributed by atoms with Gasteiger partial charge >= 0.3 is 18.1 Å². The maximum absolute atomic E-state index is 12.8. The highest BCUT2D eigenvalue weighted by molar-refractivity contribution is 8.07. The molecule has 2 aromatic rings. The number of hydrogen-bond donors (Lipinski definition) is 3. The monoisotopic (exact) mass is 775 g/mol. The van der Waals surface area contributed by atoms with Gasteiger partial charge in [-0.3, -0.25) is 18.9 Å². The molecule has 2 aliphatic rings. The number of aromatic amines is 1. The van der Waals surface area contributed by atoms with Gasteiger partial charge in [0.2, 0.25) is 0 Å². The van der Waals surface area contributed by atoms with Crippen LogP contribution in [0.3, 0.4) is 0 Å². The molecular weight excluding hydrogens is 722 g/mol. The van der Waals surface area contributed by atoms with E-state index in [4.69, 9.17) is 44.9 Å². The molecule has 4 N–H and O–H groups in total. The highest BCUT2D eigenvalue weighted by atomic mass is 32.5. The van der Waals surface area contributed by atoms with Crippen LogP contribution < -0.4 is 22.7 Å². The lowest BCUT2D eigenvalue weighted by Gasteiger charge is -2.39. The van der Waals surface area contributed by atoms with E-state index < -0.39 is 77.2 Å². The van der Waals surface area contributed by atoms with E-state index in [1.54, 1.807) is 6.92 Å². The molecule has 2 fully saturated rings. The van der Waals surface area contributed by atoms with Gasteiger partial charge in [-0.15, -0.1) is 0 Å². The van der Waals surface area contributed by atoms with Crippen molar-refractivity contribution in [1.82, 2.24) is 19.1 Å². The zero-order valence-corrected chi connectivity index (χ0v) is 34.6. The zero-order valence-electron chi connectivity index (χ0n) is 30.9. The van der Waals surface area contributed by atoms with Crippen molar-refractivity contribution < 1.29 is 32.3 Å². The number of H-pyrrole nitrogens is 1. The van der Waals surface area contributed by atoms with E-state index in [9.17, 15) is 19.3 Å². The van der Waals surface area contributed by atoms with Crippen molar-refractivity contribution in [3.63, 3.8) is 0 Å². The van der Waals surface area contributed by atoms with Crippen LogP contribution in [0.1, 0.15) is 72.4 Å². The van der Waals surface area contributed by atoms with Crippen molar-refractivity contribution >= 4 is 41.0 Å². The molecular formula is C31H54N5O10PSSi2. The number of aromatic nitrogens is 4. The van der Waals surface area contributed by atoms with Gasteiger partial charge in [0.05, 0.1) is 25.4 Å². The van der Waals surface area contributed by atoms with Crippen LogP contribution in [0.2, 0.25) is 36.3 Å². The van der Waals surface area contributed by atoms with E-state index in [1.165, 1.54) is 27.6 Å². The molecule has 282 valence electrons. The molecule has 2 saturated heterocycles. The minimum Gasteiger partial charge on any atom is -0.414 e. The fraction of sp³-hybridized carbons (Fsp3) is 0.742. The minimum absolute atomic E-state index is 0.0743. The molecule has 7 unspecified atom stereocenters. The van der Waals surface area contributed by atoms with Crippen molar-refractivity contribution in [3.05, 3.63) is 55.3 Å². The molecule has 19 heteroatoms. The third-order valence-electron chi connectivity index (χ3n) is 10.3. The van der Waals surface area contributed by atoms with Crippen LogP contribution in [0.25, 0.3) is 0 Å². The number of nitrogen functional groups attached to an aromatic ring is 1. The van der Waals surface area contributed by atoms with Gasteiger partial charge in [-0.1, -0.05) is 41.5 Å². The molecule has 0 amide bonds. The van der Waals surface area contributed by atoms with Crippen LogP contribution in [-0.2, 0) is 39.2 Å². The summed E-state index contributed by atoms with van der Waals surface area (Å²) in [7, 11) is -4.55. The molecule has 0 saturated carbocycles. The SMILES string of the molecule is Cc1cn(C2CC(O[Si](C)(C)C(C)(C)C)C(COP(O)(=S)OC3CC(n4ccc(N)nc4=O)OC3CO[Si](C)(C)C(C)(C)C)O2)c(=O)[nH]c1=O. The van der Waals surface area contributed by atoms with Gasteiger partial charge in [0.1, 0.15) is 30.5 Å². The molecule has 0 aliphatic carbocycles.